The summed E-state index contributed by atoms with van der Waals surface area (Å²) in [6.45, 7) is 5.51. The van der Waals surface area contributed by atoms with Gasteiger partial charge in [-0.1, -0.05) is 6.92 Å². The van der Waals surface area contributed by atoms with E-state index in [4.69, 9.17) is 9.47 Å². The molecule has 0 heterocycles. The number of nitrogens with zero attached hydrogens (tertiary/aromatic N) is 4. The van der Waals surface area contributed by atoms with Crippen molar-refractivity contribution in [3.8, 4) is 24.3 Å². The number of ether oxygens (including phenoxy) is 2. The minimum atomic E-state index is -1.98. The van der Waals surface area contributed by atoms with Crippen LogP contribution < -0.4 is 0 Å². The van der Waals surface area contributed by atoms with Crippen LogP contribution in [0.3, 0.4) is 0 Å². The first kappa shape index (κ1) is 15.9. The first-order valence-electron chi connectivity index (χ1n) is 6.42. The SMILES string of the molecule is CCOC1(OCC)CC(C)C(C#N)(C#N)C1(C#N)C#N. The summed E-state index contributed by atoms with van der Waals surface area (Å²) >= 11 is 0. The lowest BCUT2D eigenvalue weighted by atomic mass is 9.64. The van der Waals surface area contributed by atoms with Gasteiger partial charge in [0.1, 0.15) is 0 Å². The zero-order chi connectivity index (χ0) is 15.4. The van der Waals surface area contributed by atoms with Crippen LogP contribution in [0.25, 0.3) is 0 Å². The fourth-order valence-corrected chi connectivity index (χ4v) is 3.01. The average Bonchev–Trinajstić information content (AvgIpc) is 2.64. The van der Waals surface area contributed by atoms with Crippen LogP contribution in [-0.2, 0) is 9.47 Å². The second-order valence-electron chi connectivity index (χ2n) is 4.73. The predicted molar refractivity (Wildman–Crippen MR) is 67.1 cm³/mol. The van der Waals surface area contributed by atoms with Gasteiger partial charge in [0, 0.05) is 19.6 Å². The second-order valence-corrected chi connectivity index (χ2v) is 4.73. The standard InChI is InChI=1S/C14H16N4O2/c1-4-19-14(20-5-2)6-11(3)12(7-15,8-16)13(14,9-17)10-18/h11H,4-6H2,1-3H3. The van der Waals surface area contributed by atoms with Gasteiger partial charge in [0.05, 0.1) is 24.3 Å². The van der Waals surface area contributed by atoms with Crippen LogP contribution in [0.5, 0.6) is 0 Å². The van der Waals surface area contributed by atoms with Crippen LogP contribution in [0.4, 0.5) is 0 Å². The monoisotopic (exact) mass is 272 g/mol. The zero-order valence-electron chi connectivity index (χ0n) is 11.8. The summed E-state index contributed by atoms with van der Waals surface area (Å²) in [5.74, 6) is -2.07. The van der Waals surface area contributed by atoms with E-state index in [1.807, 2.05) is 24.3 Å². The summed E-state index contributed by atoms with van der Waals surface area (Å²) in [7, 11) is 0. The van der Waals surface area contributed by atoms with Crippen molar-refractivity contribution in [3.63, 3.8) is 0 Å². The molecule has 1 unspecified atom stereocenters. The highest BCUT2D eigenvalue weighted by molar-refractivity contribution is 5.42. The van der Waals surface area contributed by atoms with Gasteiger partial charge in [0.2, 0.25) is 11.2 Å². The minimum absolute atomic E-state index is 0.150. The molecule has 0 radical (unpaired) electrons. The highest BCUT2D eigenvalue weighted by Gasteiger charge is 2.76. The smallest absolute Gasteiger partial charge is 0.228 e. The molecule has 1 rings (SSSR count). The first-order valence-corrected chi connectivity index (χ1v) is 6.42. The molecule has 0 N–H and O–H groups in total. The number of rotatable bonds is 4. The van der Waals surface area contributed by atoms with Crippen molar-refractivity contribution in [3.05, 3.63) is 0 Å². The third kappa shape index (κ3) is 1.60. The van der Waals surface area contributed by atoms with Gasteiger partial charge in [0.15, 0.2) is 5.41 Å². The van der Waals surface area contributed by atoms with E-state index in [0.717, 1.165) is 0 Å². The summed E-state index contributed by atoms with van der Waals surface area (Å²) in [6.07, 6.45) is 0.150. The Hall–Kier alpha value is -2.12. The summed E-state index contributed by atoms with van der Waals surface area (Å²) < 4.78 is 11.2. The van der Waals surface area contributed by atoms with Crippen LogP contribution in [0.15, 0.2) is 0 Å². The molecule has 0 saturated heterocycles. The molecule has 1 aliphatic rings. The highest BCUT2D eigenvalue weighted by Crippen LogP contribution is 2.62. The summed E-state index contributed by atoms with van der Waals surface area (Å²) in [5, 5.41) is 38.1. The van der Waals surface area contributed by atoms with Crippen molar-refractivity contribution in [2.75, 3.05) is 13.2 Å². The van der Waals surface area contributed by atoms with Gasteiger partial charge in [-0.3, -0.25) is 0 Å². The van der Waals surface area contributed by atoms with E-state index >= 15 is 0 Å². The Morgan fingerprint density at radius 2 is 1.40 bits per heavy atom. The highest BCUT2D eigenvalue weighted by atomic mass is 16.7. The van der Waals surface area contributed by atoms with Gasteiger partial charge in [-0.25, -0.2) is 0 Å². The van der Waals surface area contributed by atoms with Gasteiger partial charge in [-0.05, 0) is 19.8 Å². The molecule has 1 atom stereocenters. The Balaban J connectivity index is 3.67. The molecule has 0 aromatic carbocycles. The van der Waals surface area contributed by atoms with Gasteiger partial charge in [-0.2, -0.15) is 21.0 Å². The molecule has 20 heavy (non-hydrogen) atoms. The van der Waals surface area contributed by atoms with Gasteiger partial charge in [-0.15, -0.1) is 0 Å². The molecule has 0 bridgehead atoms. The molecule has 1 saturated carbocycles. The largest absolute Gasteiger partial charge is 0.348 e. The van der Waals surface area contributed by atoms with E-state index in [0.29, 0.717) is 0 Å². The van der Waals surface area contributed by atoms with E-state index in [1.54, 1.807) is 20.8 Å². The second kappa shape index (κ2) is 5.48. The minimum Gasteiger partial charge on any atom is -0.348 e. The van der Waals surface area contributed by atoms with Crippen LogP contribution >= 0.6 is 0 Å². The van der Waals surface area contributed by atoms with E-state index < -0.39 is 22.5 Å². The molecule has 6 nitrogen and oxygen atoms in total. The molecule has 104 valence electrons. The quantitative estimate of drug-likeness (QED) is 0.721. The van der Waals surface area contributed by atoms with Crippen molar-refractivity contribution in [2.24, 2.45) is 16.7 Å². The number of hydrogen-bond acceptors (Lipinski definition) is 6. The molecular formula is C14H16N4O2. The predicted octanol–water partition coefficient (Wildman–Crippen LogP) is 1.86. The van der Waals surface area contributed by atoms with E-state index in [-0.39, 0.29) is 19.6 Å². The Morgan fingerprint density at radius 1 is 0.950 bits per heavy atom. The number of hydrogen-bond donors (Lipinski definition) is 0. The van der Waals surface area contributed by atoms with Crippen molar-refractivity contribution in [2.45, 2.75) is 33.0 Å². The van der Waals surface area contributed by atoms with Crippen LogP contribution in [0.2, 0.25) is 0 Å². The number of nitriles is 4. The van der Waals surface area contributed by atoms with E-state index in [1.165, 1.54) is 0 Å². The first-order chi connectivity index (χ1) is 9.49. The van der Waals surface area contributed by atoms with Crippen LogP contribution in [0, 0.1) is 62.1 Å². The third-order valence-electron chi connectivity index (χ3n) is 3.92. The molecule has 0 aliphatic heterocycles. The normalized spacial score (nSPS) is 24.9. The summed E-state index contributed by atoms with van der Waals surface area (Å²) in [5.41, 5.74) is -3.75. The topological polar surface area (TPSA) is 114 Å². The van der Waals surface area contributed by atoms with E-state index in [9.17, 15) is 21.0 Å². The molecule has 0 aromatic rings. The maximum atomic E-state index is 9.59. The third-order valence-corrected chi connectivity index (χ3v) is 3.92. The Morgan fingerprint density at radius 3 is 1.70 bits per heavy atom. The van der Waals surface area contributed by atoms with Crippen molar-refractivity contribution >= 4 is 0 Å². The van der Waals surface area contributed by atoms with E-state index in [2.05, 4.69) is 0 Å². The Kier molecular flexibility index (Phi) is 4.36. The molecule has 0 spiro atoms. The molecule has 1 aliphatic carbocycles. The van der Waals surface area contributed by atoms with Crippen LogP contribution in [0.1, 0.15) is 27.2 Å². The summed E-state index contributed by atoms with van der Waals surface area (Å²) in [6, 6.07) is 7.46. The lowest BCUT2D eigenvalue weighted by Crippen LogP contribution is -2.53. The molecule has 1 fully saturated rings. The zero-order valence-corrected chi connectivity index (χ0v) is 11.8. The molecule has 0 amide bonds. The maximum Gasteiger partial charge on any atom is 0.228 e. The lowest BCUT2D eigenvalue weighted by molar-refractivity contribution is -0.264. The summed E-state index contributed by atoms with van der Waals surface area (Å²) in [4.78, 5) is 0. The van der Waals surface area contributed by atoms with Gasteiger partial charge < -0.3 is 9.47 Å². The van der Waals surface area contributed by atoms with Crippen LogP contribution in [-0.4, -0.2) is 19.0 Å². The molecule has 0 aromatic heterocycles. The Bertz CT molecular complexity index is 509. The fourth-order valence-electron chi connectivity index (χ4n) is 3.01. The van der Waals surface area contributed by atoms with Gasteiger partial charge in [0.25, 0.3) is 0 Å². The molecular weight excluding hydrogens is 256 g/mol. The van der Waals surface area contributed by atoms with Gasteiger partial charge >= 0.3 is 0 Å². The van der Waals surface area contributed by atoms with Crippen molar-refractivity contribution in [1.29, 1.82) is 21.0 Å². The molecule has 6 heteroatoms. The van der Waals surface area contributed by atoms with Crippen molar-refractivity contribution < 1.29 is 9.47 Å². The Labute approximate surface area is 118 Å². The lowest BCUT2D eigenvalue weighted by Gasteiger charge is -2.38. The fraction of sp³-hybridized carbons (Fsp3) is 0.714. The van der Waals surface area contributed by atoms with Crippen molar-refractivity contribution in [1.82, 2.24) is 0 Å². The maximum absolute atomic E-state index is 9.59. The average molecular weight is 272 g/mol.